The second-order valence-electron chi connectivity index (χ2n) is 5.25. The van der Waals surface area contributed by atoms with E-state index in [1.807, 2.05) is 16.8 Å². The van der Waals surface area contributed by atoms with Gasteiger partial charge in [0.15, 0.2) is 0 Å². The molecule has 0 fully saturated rings. The zero-order chi connectivity index (χ0) is 15.1. The fraction of sp³-hybridized carbons (Fsp3) is 0.500. The third-order valence-electron chi connectivity index (χ3n) is 3.50. The van der Waals surface area contributed by atoms with Gasteiger partial charge in [0.25, 0.3) is 0 Å². The van der Waals surface area contributed by atoms with Crippen molar-refractivity contribution in [2.45, 2.75) is 39.7 Å². The van der Waals surface area contributed by atoms with Crippen molar-refractivity contribution >= 4 is 0 Å². The maximum Gasteiger partial charge on any atom is 0.119 e. The van der Waals surface area contributed by atoms with Gasteiger partial charge in [-0.1, -0.05) is 22.9 Å². The number of aromatic nitrogens is 3. The molecule has 1 aromatic heterocycles. The van der Waals surface area contributed by atoms with E-state index in [0.717, 1.165) is 42.9 Å². The van der Waals surface area contributed by atoms with E-state index in [0.29, 0.717) is 13.2 Å². The molecule has 0 radical (unpaired) electrons. The predicted octanol–water partition coefficient (Wildman–Crippen LogP) is 2.26. The lowest BCUT2D eigenvalue weighted by Crippen LogP contribution is -2.08. The van der Waals surface area contributed by atoms with Crippen LogP contribution in [0, 0.1) is 13.8 Å². The van der Waals surface area contributed by atoms with E-state index < -0.39 is 0 Å². The average Bonchev–Trinajstić information content (AvgIpc) is 2.84. The van der Waals surface area contributed by atoms with Crippen molar-refractivity contribution in [2.75, 3.05) is 13.2 Å². The van der Waals surface area contributed by atoms with Crippen LogP contribution in [0.3, 0.4) is 0 Å². The summed E-state index contributed by atoms with van der Waals surface area (Å²) in [5.41, 5.74) is 8.96. The highest BCUT2D eigenvalue weighted by Crippen LogP contribution is 2.12. The molecule has 0 atom stereocenters. The van der Waals surface area contributed by atoms with E-state index in [-0.39, 0.29) is 0 Å². The molecule has 2 aromatic rings. The standard InChI is InChI=1S/C16H24N4O/c1-13-6-8-15(9-7-13)21-12-4-11-20-14(2)16(18-19-20)5-3-10-17/h6-9H,3-5,10-12,17H2,1-2H3. The molecule has 0 saturated heterocycles. The normalized spacial score (nSPS) is 10.8. The van der Waals surface area contributed by atoms with Crippen LogP contribution in [0.15, 0.2) is 24.3 Å². The van der Waals surface area contributed by atoms with Gasteiger partial charge in [-0.15, -0.1) is 5.10 Å². The molecule has 5 heteroatoms. The van der Waals surface area contributed by atoms with E-state index in [9.17, 15) is 0 Å². The molecule has 1 heterocycles. The molecule has 0 bridgehead atoms. The molecule has 2 N–H and O–H groups in total. The molecule has 0 aliphatic rings. The zero-order valence-electron chi connectivity index (χ0n) is 12.9. The van der Waals surface area contributed by atoms with Crippen molar-refractivity contribution in [3.63, 3.8) is 0 Å². The number of nitrogens with two attached hydrogens (primary N) is 1. The Balaban J connectivity index is 1.75. The first-order chi connectivity index (χ1) is 10.2. The van der Waals surface area contributed by atoms with Gasteiger partial charge < -0.3 is 10.5 Å². The summed E-state index contributed by atoms with van der Waals surface area (Å²) < 4.78 is 7.67. The molecular weight excluding hydrogens is 264 g/mol. The van der Waals surface area contributed by atoms with Gasteiger partial charge in [-0.05, 0) is 45.4 Å². The maximum absolute atomic E-state index is 5.72. The Morgan fingerprint density at radius 3 is 2.62 bits per heavy atom. The maximum atomic E-state index is 5.72. The highest BCUT2D eigenvalue weighted by molar-refractivity contribution is 5.26. The summed E-state index contributed by atoms with van der Waals surface area (Å²) in [6.07, 6.45) is 2.77. The first-order valence-corrected chi connectivity index (χ1v) is 7.49. The number of rotatable bonds is 8. The van der Waals surface area contributed by atoms with Crippen LogP contribution in [-0.4, -0.2) is 28.1 Å². The lowest BCUT2D eigenvalue weighted by atomic mass is 10.2. The number of nitrogens with zero attached hydrogens (tertiary/aromatic N) is 3. The molecule has 21 heavy (non-hydrogen) atoms. The molecule has 0 aliphatic heterocycles. The highest BCUT2D eigenvalue weighted by atomic mass is 16.5. The van der Waals surface area contributed by atoms with Gasteiger partial charge in [-0.25, -0.2) is 4.68 Å². The quantitative estimate of drug-likeness (QED) is 0.757. The fourth-order valence-corrected chi connectivity index (χ4v) is 2.15. The number of aryl methyl sites for hydroxylation is 3. The summed E-state index contributed by atoms with van der Waals surface area (Å²) in [4.78, 5) is 0. The highest BCUT2D eigenvalue weighted by Gasteiger charge is 2.07. The van der Waals surface area contributed by atoms with E-state index in [2.05, 4.69) is 36.3 Å². The van der Waals surface area contributed by atoms with Crippen molar-refractivity contribution in [1.29, 1.82) is 0 Å². The number of benzene rings is 1. The van der Waals surface area contributed by atoms with Gasteiger partial charge in [0.2, 0.25) is 0 Å². The van der Waals surface area contributed by atoms with Crippen LogP contribution in [0.5, 0.6) is 5.75 Å². The minimum atomic E-state index is 0.681. The van der Waals surface area contributed by atoms with E-state index in [4.69, 9.17) is 10.5 Å². The molecule has 114 valence electrons. The predicted molar refractivity (Wildman–Crippen MR) is 83.4 cm³/mol. The Labute approximate surface area is 126 Å². The van der Waals surface area contributed by atoms with Gasteiger partial charge >= 0.3 is 0 Å². The third-order valence-corrected chi connectivity index (χ3v) is 3.50. The molecule has 5 nitrogen and oxygen atoms in total. The van der Waals surface area contributed by atoms with Crippen molar-refractivity contribution in [3.05, 3.63) is 41.2 Å². The van der Waals surface area contributed by atoms with Crippen molar-refractivity contribution < 1.29 is 4.74 Å². The molecule has 2 rings (SSSR count). The summed E-state index contributed by atoms with van der Waals surface area (Å²) in [7, 11) is 0. The lowest BCUT2D eigenvalue weighted by molar-refractivity contribution is 0.297. The van der Waals surface area contributed by atoms with E-state index in [1.165, 1.54) is 5.56 Å². The Morgan fingerprint density at radius 2 is 1.90 bits per heavy atom. The van der Waals surface area contributed by atoms with Crippen molar-refractivity contribution in [2.24, 2.45) is 5.73 Å². The van der Waals surface area contributed by atoms with Gasteiger partial charge in [-0.2, -0.15) is 0 Å². The zero-order valence-corrected chi connectivity index (χ0v) is 12.9. The van der Waals surface area contributed by atoms with E-state index >= 15 is 0 Å². The Morgan fingerprint density at radius 1 is 1.14 bits per heavy atom. The van der Waals surface area contributed by atoms with Crippen molar-refractivity contribution in [1.82, 2.24) is 15.0 Å². The molecule has 0 aliphatic carbocycles. The van der Waals surface area contributed by atoms with Crippen LogP contribution < -0.4 is 10.5 Å². The second kappa shape index (κ2) is 7.78. The smallest absolute Gasteiger partial charge is 0.119 e. The number of hydrogen-bond donors (Lipinski definition) is 1. The van der Waals surface area contributed by atoms with Crippen LogP contribution in [0.4, 0.5) is 0 Å². The van der Waals surface area contributed by atoms with Crippen LogP contribution >= 0.6 is 0 Å². The van der Waals surface area contributed by atoms with Gasteiger partial charge in [0.1, 0.15) is 5.75 Å². The van der Waals surface area contributed by atoms with Gasteiger partial charge in [0.05, 0.1) is 18.0 Å². The van der Waals surface area contributed by atoms with Gasteiger partial charge in [0, 0.05) is 13.0 Å². The van der Waals surface area contributed by atoms with Crippen molar-refractivity contribution in [3.8, 4) is 5.75 Å². The van der Waals surface area contributed by atoms with Gasteiger partial charge in [-0.3, -0.25) is 0 Å². The van der Waals surface area contributed by atoms with Crippen LogP contribution in [0.2, 0.25) is 0 Å². The first kappa shape index (κ1) is 15.5. The summed E-state index contributed by atoms with van der Waals surface area (Å²) in [6.45, 7) is 6.33. The van der Waals surface area contributed by atoms with E-state index in [1.54, 1.807) is 0 Å². The SMILES string of the molecule is Cc1ccc(OCCCn2nnc(CCCN)c2C)cc1. The van der Waals surface area contributed by atoms with Crippen LogP contribution in [0.1, 0.15) is 29.8 Å². The Kier molecular flexibility index (Phi) is 5.75. The molecule has 0 spiro atoms. The topological polar surface area (TPSA) is 66.0 Å². The molecule has 0 amide bonds. The molecular formula is C16H24N4O. The fourth-order valence-electron chi connectivity index (χ4n) is 2.15. The lowest BCUT2D eigenvalue weighted by Gasteiger charge is -2.07. The summed E-state index contributed by atoms with van der Waals surface area (Å²) >= 11 is 0. The number of hydrogen-bond acceptors (Lipinski definition) is 4. The first-order valence-electron chi connectivity index (χ1n) is 7.49. The third kappa shape index (κ3) is 4.56. The molecule has 0 unspecified atom stereocenters. The molecule has 1 aromatic carbocycles. The minimum Gasteiger partial charge on any atom is -0.494 e. The summed E-state index contributed by atoms with van der Waals surface area (Å²) in [6, 6.07) is 8.11. The summed E-state index contributed by atoms with van der Waals surface area (Å²) in [5, 5.41) is 8.41. The number of ether oxygens (including phenoxy) is 1. The Hall–Kier alpha value is -1.88. The second-order valence-corrected chi connectivity index (χ2v) is 5.25. The monoisotopic (exact) mass is 288 g/mol. The largest absolute Gasteiger partial charge is 0.494 e. The minimum absolute atomic E-state index is 0.681. The molecule has 0 saturated carbocycles. The summed E-state index contributed by atoms with van der Waals surface area (Å²) in [5.74, 6) is 0.916. The van der Waals surface area contributed by atoms with Crippen LogP contribution in [-0.2, 0) is 13.0 Å². The van der Waals surface area contributed by atoms with Crippen LogP contribution in [0.25, 0.3) is 0 Å². The Bertz CT molecular complexity index is 548. The average molecular weight is 288 g/mol.